The Balaban J connectivity index is 0.000000222. The van der Waals surface area contributed by atoms with Crippen molar-refractivity contribution in [3.63, 3.8) is 0 Å². The van der Waals surface area contributed by atoms with Gasteiger partial charge in [-0.2, -0.15) is 0 Å². The van der Waals surface area contributed by atoms with Gasteiger partial charge in [0.15, 0.2) is 0 Å². The van der Waals surface area contributed by atoms with Crippen LogP contribution in [0.3, 0.4) is 0 Å². The van der Waals surface area contributed by atoms with Crippen LogP contribution in [-0.2, 0) is 35.4 Å². The Labute approximate surface area is 482 Å². The van der Waals surface area contributed by atoms with Gasteiger partial charge in [-0.05, 0) is 201 Å². The molecule has 0 aromatic heterocycles. The third-order valence-corrected chi connectivity index (χ3v) is 19.9. The maximum absolute atomic E-state index is 12.8. The van der Waals surface area contributed by atoms with Crippen LogP contribution in [0.5, 0.6) is 0 Å². The molecule has 0 unspecified atom stereocenters. The summed E-state index contributed by atoms with van der Waals surface area (Å²) in [5, 5.41) is 9.89. The van der Waals surface area contributed by atoms with E-state index in [9.17, 15) is 19.2 Å². The SMILES string of the molecule is CC(C)(C)CCN1CCC2(CC1)C[C@H](NC(=O)C1CCCC1)c1ccccc12.CCCC(=O)N[C@H]1CC2(CCN(CCC(C)C)CC2)c2ccccc21.CCN(CC)C(=O)CN1CCC2(CC1)C[C@H](NC(C)=O)c1ccccc12.[HH].[HH].[HH]. The van der Waals surface area contributed by atoms with Gasteiger partial charge in [-0.3, -0.25) is 24.1 Å². The van der Waals surface area contributed by atoms with Gasteiger partial charge >= 0.3 is 0 Å². The van der Waals surface area contributed by atoms with Gasteiger partial charge in [0.05, 0.1) is 24.7 Å². The van der Waals surface area contributed by atoms with Gasteiger partial charge in [0.1, 0.15) is 0 Å². The van der Waals surface area contributed by atoms with Crippen molar-refractivity contribution < 1.29 is 23.5 Å². The summed E-state index contributed by atoms with van der Waals surface area (Å²) < 4.78 is 0. The molecule has 3 atom stereocenters. The van der Waals surface area contributed by atoms with E-state index in [1.807, 2.05) is 18.7 Å². The number of carbonyl (C=O) groups excluding carboxylic acids is 4. The fraction of sp³-hybridized carbons (Fsp3) is 0.676. The zero-order valence-electron chi connectivity index (χ0n) is 50.5. The molecule has 3 heterocycles. The number of likely N-dealkylation sites (N-methyl/N-ethyl adjacent to an activating group) is 1. The maximum Gasteiger partial charge on any atom is 0.236 e. The normalized spacial score (nSPS) is 23.0. The minimum atomic E-state index is 0. The quantitative estimate of drug-likeness (QED) is 0.139. The number of piperidine rings is 3. The number of likely N-dealkylation sites (tertiary alicyclic amines) is 3. The molecule has 4 aliphatic carbocycles. The highest BCUT2D eigenvalue weighted by Gasteiger charge is 2.48. The molecule has 3 aromatic carbocycles. The lowest BCUT2D eigenvalue weighted by Crippen LogP contribution is -2.47. The Bertz CT molecular complexity index is 2500. The monoisotopic (exact) mass is 1090 g/mol. The Morgan fingerprint density at radius 1 is 0.608 bits per heavy atom. The first kappa shape index (κ1) is 60.5. The average molecular weight is 1090 g/mol. The number of rotatable bonds is 15. The van der Waals surface area contributed by atoms with Gasteiger partial charge in [0.2, 0.25) is 23.6 Å². The molecule has 79 heavy (non-hydrogen) atoms. The largest absolute Gasteiger partial charge is 0.349 e. The summed E-state index contributed by atoms with van der Waals surface area (Å²) in [6.45, 7) is 30.5. The van der Waals surface area contributed by atoms with E-state index >= 15 is 0 Å². The second kappa shape index (κ2) is 27.0. The maximum atomic E-state index is 12.8. The molecule has 4 amide bonds. The number of fused-ring (bicyclic) bond motifs is 6. The summed E-state index contributed by atoms with van der Waals surface area (Å²) in [5.41, 5.74) is 9.52. The molecule has 11 heteroatoms. The molecular weight excluding hydrogens is 979 g/mol. The summed E-state index contributed by atoms with van der Waals surface area (Å²) in [6, 6.07) is 26.8. The molecule has 4 fully saturated rings. The van der Waals surface area contributed by atoms with Gasteiger partial charge < -0.3 is 30.7 Å². The van der Waals surface area contributed by atoms with Crippen LogP contribution < -0.4 is 16.0 Å². The number of hydrogen-bond donors (Lipinski definition) is 3. The van der Waals surface area contributed by atoms with Crippen molar-refractivity contribution in [3.05, 3.63) is 106 Å². The standard InChI is InChI=1S/C25H38N2O.C22H34N2O.C21H31N3O2.3H2/c1-24(2,3)12-15-27-16-13-25(14-17-27)18-22(20-10-6-7-11-21(20)25)26-23(28)19-8-4-5-9-19;1-4-7-21(25)23-20-16-22(19-9-6-5-8-18(19)20)11-14-24(15-12-22)13-10-17(2)3;1-4-24(5-2)20(26)15-23-12-10-21(11-13-23)14-19(22-16(3)25)17-8-6-7-9-18(17)21;;;/h6-7,10-11,19,22H,4-5,8-9,12-18H2,1-3H3,(H,26,28);5-6,8-9,17,20H,4,7,10-16H2,1-3H3,(H,23,25);6-9,19H,4-5,10-15H2,1-3H3,(H,22,25);3*1H/t22-;20-;19-;;;/m000.../s1. The summed E-state index contributed by atoms with van der Waals surface area (Å²) in [5.74, 6) is 1.80. The lowest BCUT2D eigenvalue weighted by Gasteiger charge is -2.41. The molecule has 3 aliphatic heterocycles. The van der Waals surface area contributed by atoms with Crippen LogP contribution in [-0.4, -0.2) is 115 Å². The number of carbonyl (C=O) groups is 4. The molecule has 0 radical (unpaired) electrons. The van der Waals surface area contributed by atoms with Crippen LogP contribution in [0.2, 0.25) is 0 Å². The van der Waals surface area contributed by atoms with Crippen molar-refractivity contribution in [3.8, 4) is 0 Å². The van der Waals surface area contributed by atoms with Crippen LogP contribution >= 0.6 is 0 Å². The first-order chi connectivity index (χ1) is 37.9. The van der Waals surface area contributed by atoms with Crippen LogP contribution in [0.25, 0.3) is 0 Å². The summed E-state index contributed by atoms with van der Waals surface area (Å²) >= 11 is 0. The molecule has 7 aliphatic rings. The number of hydrogen-bond acceptors (Lipinski definition) is 7. The van der Waals surface area contributed by atoms with E-state index in [0.29, 0.717) is 24.3 Å². The van der Waals surface area contributed by atoms with E-state index in [0.717, 1.165) is 83.5 Å². The van der Waals surface area contributed by atoms with Gasteiger partial charge in [-0.15, -0.1) is 0 Å². The Kier molecular flexibility index (Phi) is 20.7. The molecule has 440 valence electrons. The van der Waals surface area contributed by atoms with Crippen LogP contribution in [0.1, 0.15) is 227 Å². The molecule has 3 saturated heterocycles. The predicted molar refractivity (Wildman–Crippen MR) is 328 cm³/mol. The molecule has 3 spiro atoms. The summed E-state index contributed by atoms with van der Waals surface area (Å²) in [4.78, 5) is 58.5. The zero-order chi connectivity index (χ0) is 56.4. The molecule has 11 nitrogen and oxygen atoms in total. The fourth-order valence-electron chi connectivity index (χ4n) is 15.1. The van der Waals surface area contributed by atoms with Crippen molar-refractivity contribution in [2.75, 3.05) is 72.0 Å². The number of benzene rings is 3. The lowest BCUT2D eigenvalue weighted by molar-refractivity contribution is -0.132. The van der Waals surface area contributed by atoms with Gasteiger partial charge in [-0.1, -0.05) is 127 Å². The predicted octanol–water partition coefficient (Wildman–Crippen LogP) is 12.8. The highest BCUT2D eigenvalue weighted by atomic mass is 16.2. The first-order valence-electron chi connectivity index (χ1n) is 31.5. The van der Waals surface area contributed by atoms with E-state index in [-0.39, 0.29) is 62.3 Å². The fourth-order valence-corrected chi connectivity index (χ4v) is 15.1. The summed E-state index contributed by atoms with van der Waals surface area (Å²) in [6.07, 6.45) is 18.8. The highest BCUT2D eigenvalue weighted by molar-refractivity contribution is 5.80. The van der Waals surface area contributed by atoms with E-state index in [2.05, 4.69) is 145 Å². The number of nitrogens with zero attached hydrogens (tertiary/aromatic N) is 4. The van der Waals surface area contributed by atoms with Gasteiger partial charge in [0, 0.05) is 52.9 Å². The van der Waals surface area contributed by atoms with Crippen molar-refractivity contribution in [1.82, 2.24) is 35.6 Å². The van der Waals surface area contributed by atoms with Crippen LogP contribution in [0.4, 0.5) is 0 Å². The Morgan fingerprint density at radius 3 is 1.44 bits per heavy atom. The molecular formula is C68H109N7O4. The second-order valence-electron chi connectivity index (χ2n) is 26.9. The van der Waals surface area contributed by atoms with Crippen molar-refractivity contribution in [2.45, 2.75) is 206 Å². The average Bonchev–Trinajstić information content (AvgIpc) is 4.39. The van der Waals surface area contributed by atoms with Gasteiger partial charge in [-0.25, -0.2) is 0 Å². The van der Waals surface area contributed by atoms with Crippen molar-refractivity contribution in [2.24, 2.45) is 17.3 Å². The highest BCUT2D eigenvalue weighted by Crippen LogP contribution is 2.53. The van der Waals surface area contributed by atoms with Crippen LogP contribution in [0.15, 0.2) is 72.8 Å². The first-order valence-corrected chi connectivity index (χ1v) is 31.5. The smallest absolute Gasteiger partial charge is 0.236 e. The van der Waals surface area contributed by atoms with Crippen molar-refractivity contribution in [1.29, 1.82) is 0 Å². The third-order valence-electron chi connectivity index (χ3n) is 19.9. The van der Waals surface area contributed by atoms with Gasteiger partial charge in [0.25, 0.3) is 0 Å². The second-order valence-corrected chi connectivity index (χ2v) is 26.9. The number of amides is 4. The van der Waals surface area contributed by atoms with E-state index in [1.54, 1.807) is 6.92 Å². The Morgan fingerprint density at radius 2 is 1.03 bits per heavy atom. The summed E-state index contributed by atoms with van der Waals surface area (Å²) in [7, 11) is 0. The van der Waals surface area contributed by atoms with E-state index in [1.165, 1.54) is 124 Å². The minimum Gasteiger partial charge on any atom is -0.349 e. The molecule has 1 saturated carbocycles. The number of nitrogens with one attached hydrogen (secondary N) is 3. The van der Waals surface area contributed by atoms with E-state index in [4.69, 9.17) is 0 Å². The van der Waals surface area contributed by atoms with E-state index < -0.39 is 0 Å². The molecule has 3 aromatic rings. The van der Waals surface area contributed by atoms with Crippen molar-refractivity contribution >= 4 is 23.6 Å². The Hall–Kier alpha value is -4.58. The zero-order valence-corrected chi connectivity index (χ0v) is 50.5. The molecule has 0 bridgehead atoms. The minimum absolute atomic E-state index is 0. The molecule has 3 N–H and O–H groups in total. The third kappa shape index (κ3) is 14.9. The lowest BCUT2D eigenvalue weighted by atomic mass is 9.73. The topological polar surface area (TPSA) is 117 Å². The van der Waals surface area contributed by atoms with Crippen LogP contribution in [0, 0.1) is 17.3 Å². The molecule has 10 rings (SSSR count).